The number of para-hydroxylation sites is 1. The van der Waals surface area contributed by atoms with Crippen LogP contribution in [0.4, 0.5) is 0 Å². The molecule has 3 nitrogen and oxygen atoms in total. The van der Waals surface area contributed by atoms with Gasteiger partial charge in [0.15, 0.2) is 11.5 Å². The predicted octanol–water partition coefficient (Wildman–Crippen LogP) is 2.86. The third kappa shape index (κ3) is 4.05. The highest BCUT2D eigenvalue weighted by Crippen LogP contribution is 2.34. The molecule has 1 saturated heterocycles. The van der Waals surface area contributed by atoms with E-state index in [1.54, 1.807) is 7.11 Å². The fraction of sp³-hybridized carbons (Fsp3) is 0.600. The second kappa shape index (κ2) is 7.65. The molecule has 0 saturated carbocycles. The van der Waals surface area contributed by atoms with Crippen LogP contribution in [0.5, 0.6) is 11.5 Å². The molecule has 2 N–H and O–H groups in total. The van der Waals surface area contributed by atoms with E-state index >= 15 is 0 Å². The molecule has 1 aromatic carbocycles. The molecular formula is C15H23NO2S. The second-order valence-electron chi connectivity index (χ2n) is 4.80. The Bertz CT molecular complexity index is 392. The minimum atomic E-state index is 0.332. The van der Waals surface area contributed by atoms with Gasteiger partial charge in [-0.2, -0.15) is 11.8 Å². The van der Waals surface area contributed by atoms with Crippen molar-refractivity contribution in [3.05, 3.63) is 23.8 Å². The zero-order chi connectivity index (χ0) is 13.5. The number of hydrogen-bond acceptors (Lipinski definition) is 4. The number of aryl methyl sites for hydroxylation is 1. The Kier molecular flexibility index (Phi) is 5.86. The van der Waals surface area contributed by atoms with Crippen molar-refractivity contribution in [1.29, 1.82) is 0 Å². The minimum absolute atomic E-state index is 0.332. The molecule has 0 bridgehead atoms. The van der Waals surface area contributed by atoms with Gasteiger partial charge < -0.3 is 15.2 Å². The van der Waals surface area contributed by atoms with Crippen LogP contribution in [0.3, 0.4) is 0 Å². The normalized spacial score (nSPS) is 18.5. The van der Waals surface area contributed by atoms with Gasteiger partial charge >= 0.3 is 0 Å². The summed E-state index contributed by atoms with van der Waals surface area (Å²) in [4.78, 5) is 0. The van der Waals surface area contributed by atoms with Crippen LogP contribution in [0.15, 0.2) is 18.2 Å². The van der Waals surface area contributed by atoms with Crippen LogP contribution >= 0.6 is 11.8 Å². The zero-order valence-electron chi connectivity index (χ0n) is 11.6. The third-order valence-corrected chi connectivity index (χ3v) is 4.48. The second-order valence-corrected chi connectivity index (χ2v) is 5.95. The molecule has 0 aliphatic carbocycles. The standard InChI is InChI=1S/C15H23NO2S/c1-17-15-12(5-2-3-9-16)6-4-7-14(15)18-13-8-10-19-11-13/h4,6-7,13H,2-3,5,8-11,16H2,1H3. The molecule has 1 aromatic rings. The van der Waals surface area contributed by atoms with E-state index in [-0.39, 0.29) is 0 Å². The monoisotopic (exact) mass is 281 g/mol. The van der Waals surface area contributed by atoms with Crippen molar-refractivity contribution < 1.29 is 9.47 Å². The largest absolute Gasteiger partial charge is 0.493 e. The molecule has 106 valence electrons. The van der Waals surface area contributed by atoms with Crippen LogP contribution in [0.2, 0.25) is 0 Å². The lowest BCUT2D eigenvalue weighted by Crippen LogP contribution is -2.15. The molecule has 1 aliphatic rings. The van der Waals surface area contributed by atoms with Gasteiger partial charge in [-0.15, -0.1) is 0 Å². The first-order valence-corrected chi connectivity index (χ1v) is 8.11. The van der Waals surface area contributed by atoms with Crippen LogP contribution in [0, 0.1) is 0 Å². The molecular weight excluding hydrogens is 258 g/mol. The fourth-order valence-electron chi connectivity index (χ4n) is 2.33. The number of methoxy groups -OCH3 is 1. The highest BCUT2D eigenvalue weighted by atomic mass is 32.2. The lowest BCUT2D eigenvalue weighted by Gasteiger charge is -2.17. The van der Waals surface area contributed by atoms with Gasteiger partial charge in [0.25, 0.3) is 0 Å². The van der Waals surface area contributed by atoms with Crippen molar-refractivity contribution in [2.24, 2.45) is 5.73 Å². The highest BCUT2D eigenvalue weighted by Gasteiger charge is 2.19. The van der Waals surface area contributed by atoms with E-state index in [0.717, 1.165) is 49.5 Å². The van der Waals surface area contributed by atoms with Crippen molar-refractivity contribution in [3.8, 4) is 11.5 Å². The number of hydrogen-bond donors (Lipinski definition) is 1. The maximum Gasteiger partial charge on any atom is 0.163 e. The van der Waals surface area contributed by atoms with Gasteiger partial charge in [0.2, 0.25) is 0 Å². The van der Waals surface area contributed by atoms with Crippen LogP contribution in [-0.2, 0) is 6.42 Å². The maximum atomic E-state index is 6.07. The SMILES string of the molecule is COc1c(CCCCN)cccc1OC1CCSC1. The molecule has 1 unspecified atom stereocenters. The first-order chi connectivity index (χ1) is 9.35. The van der Waals surface area contributed by atoms with E-state index in [1.807, 2.05) is 17.8 Å². The Labute approximate surface area is 119 Å². The summed E-state index contributed by atoms with van der Waals surface area (Å²) in [5.74, 6) is 4.07. The summed E-state index contributed by atoms with van der Waals surface area (Å²) < 4.78 is 11.6. The third-order valence-electron chi connectivity index (χ3n) is 3.35. The predicted molar refractivity (Wildman–Crippen MR) is 81.3 cm³/mol. The molecule has 1 fully saturated rings. The van der Waals surface area contributed by atoms with Gasteiger partial charge in [0.1, 0.15) is 6.10 Å². The van der Waals surface area contributed by atoms with Crippen molar-refractivity contribution in [2.75, 3.05) is 25.2 Å². The van der Waals surface area contributed by atoms with E-state index in [9.17, 15) is 0 Å². The molecule has 1 aliphatic heterocycles. The smallest absolute Gasteiger partial charge is 0.163 e. The van der Waals surface area contributed by atoms with Gasteiger partial charge in [0, 0.05) is 5.75 Å². The van der Waals surface area contributed by atoms with Crippen LogP contribution in [0.25, 0.3) is 0 Å². The summed E-state index contributed by atoms with van der Waals surface area (Å²) in [6.45, 7) is 0.748. The molecule has 19 heavy (non-hydrogen) atoms. The average molecular weight is 281 g/mol. The van der Waals surface area contributed by atoms with E-state index < -0.39 is 0 Å². The molecule has 0 amide bonds. The Morgan fingerprint density at radius 2 is 2.26 bits per heavy atom. The van der Waals surface area contributed by atoms with Gasteiger partial charge in [-0.05, 0) is 49.6 Å². The number of rotatable bonds is 7. The highest BCUT2D eigenvalue weighted by molar-refractivity contribution is 7.99. The van der Waals surface area contributed by atoms with Gasteiger partial charge in [-0.25, -0.2) is 0 Å². The summed E-state index contributed by atoms with van der Waals surface area (Å²) >= 11 is 1.96. The molecule has 2 rings (SSSR count). The fourth-order valence-corrected chi connectivity index (χ4v) is 3.42. The van der Waals surface area contributed by atoms with E-state index in [4.69, 9.17) is 15.2 Å². The maximum absolute atomic E-state index is 6.07. The van der Waals surface area contributed by atoms with Crippen LogP contribution in [0.1, 0.15) is 24.8 Å². The van der Waals surface area contributed by atoms with E-state index in [2.05, 4.69) is 12.1 Å². The van der Waals surface area contributed by atoms with Crippen LogP contribution in [-0.4, -0.2) is 31.3 Å². The number of ether oxygens (including phenoxy) is 2. The summed E-state index contributed by atoms with van der Waals surface area (Å²) in [5.41, 5.74) is 6.77. The van der Waals surface area contributed by atoms with Gasteiger partial charge in [-0.1, -0.05) is 12.1 Å². The Balaban J connectivity index is 2.06. The van der Waals surface area contributed by atoms with E-state index in [0.29, 0.717) is 6.10 Å². The number of unbranched alkanes of at least 4 members (excludes halogenated alkanes) is 1. The molecule has 0 aromatic heterocycles. The van der Waals surface area contributed by atoms with Crippen molar-refractivity contribution in [3.63, 3.8) is 0 Å². The average Bonchev–Trinajstić information content (AvgIpc) is 2.92. The molecule has 0 spiro atoms. The topological polar surface area (TPSA) is 44.5 Å². The summed E-state index contributed by atoms with van der Waals surface area (Å²) in [7, 11) is 1.72. The number of nitrogens with two attached hydrogens (primary N) is 1. The number of thioether (sulfide) groups is 1. The summed E-state index contributed by atoms with van der Waals surface area (Å²) in [6.07, 6.45) is 4.60. The van der Waals surface area contributed by atoms with Gasteiger partial charge in [0.05, 0.1) is 7.11 Å². The van der Waals surface area contributed by atoms with Crippen molar-refractivity contribution >= 4 is 11.8 Å². The van der Waals surface area contributed by atoms with Gasteiger partial charge in [-0.3, -0.25) is 0 Å². The number of benzene rings is 1. The molecule has 4 heteroatoms. The molecule has 1 heterocycles. The molecule has 0 radical (unpaired) electrons. The summed E-state index contributed by atoms with van der Waals surface area (Å²) in [5, 5.41) is 0. The minimum Gasteiger partial charge on any atom is -0.493 e. The van der Waals surface area contributed by atoms with Crippen molar-refractivity contribution in [2.45, 2.75) is 31.8 Å². The van der Waals surface area contributed by atoms with E-state index in [1.165, 1.54) is 11.3 Å². The molecule has 1 atom stereocenters. The Morgan fingerprint density at radius 1 is 1.37 bits per heavy atom. The zero-order valence-corrected chi connectivity index (χ0v) is 12.4. The Morgan fingerprint density at radius 3 is 2.95 bits per heavy atom. The lowest BCUT2D eigenvalue weighted by molar-refractivity contribution is 0.218. The quantitative estimate of drug-likeness (QED) is 0.781. The summed E-state index contributed by atoms with van der Waals surface area (Å²) in [6, 6.07) is 6.18. The Hall–Kier alpha value is -0.870. The first-order valence-electron chi connectivity index (χ1n) is 6.95. The first kappa shape index (κ1) is 14.5. The van der Waals surface area contributed by atoms with Crippen molar-refractivity contribution in [1.82, 2.24) is 0 Å². The lowest BCUT2D eigenvalue weighted by atomic mass is 10.1. The van der Waals surface area contributed by atoms with Crippen LogP contribution < -0.4 is 15.2 Å².